The van der Waals surface area contributed by atoms with Crippen molar-refractivity contribution in [2.45, 2.75) is 26.4 Å². The number of aryl methyl sites for hydroxylation is 1. The standard InChI is InChI=1S/C17H20N2O2/c1-2-18(14-15-8-4-3-5-9-15)17(21)11-13-19-12-7-6-10-16(19)20/h3-10,12H,2,11,13-14H2,1H3. The SMILES string of the molecule is CCN(Cc1ccccc1)C(=O)CCn1ccccc1=O. The molecule has 4 nitrogen and oxygen atoms in total. The van der Waals surface area contributed by atoms with Crippen LogP contribution in [0.4, 0.5) is 0 Å². The summed E-state index contributed by atoms with van der Waals surface area (Å²) in [7, 11) is 0. The number of rotatable bonds is 6. The average Bonchev–Trinajstić information content (AvgIpc) is 2.52. The molecular formula is C17H20N2O2. The van der Waals surface area contributed by atoms with E-state index >= 15 is 0 Å². The number of nitrogens with zero attached hydrogens (tertiary/aromatic N) is 2. The van der Waals surface area contributed by atoms with Crippen LogP contribution < -0.4 is 5.56 Å². The zero-order valence-corrected chi connectivity index (χ0v) is 12.2. The molecule has 1 aromatic heterocycles. The Bertz CT molecular complexity index is 634. The van der Waals surface area contributed by atoms with Crippen LogP contribution in [-0.4, -0.2) is 21.9 Å². The lowest BCUT2D eigenvalue weighted by Gasteiger charge is -2.21. The van der Waals surface area contributed by atoms with Crippen LogP contribution in [0.15, 0.2) is 59.5 Å². The number of carbonyl (C=O) groups excluding carboxylic acids is 1. The summed E-state index contributed by atoms with van der Waals surface area (Å²) in [6.07, 6.45) is 2.05. The maximum atomic E-state index is 12.3. The summed E-state index contributed by atoms with van der Waals surface area (Å²) < 4.78 is 1.56. The third-order valence-corrected chi connectivity index (χ3v) is 3.42. The Labute approximate surface area is 124 Å². The van der Waals surface area contributed by atoms with Gasteiger partial charge in [0.2, 0.25) is 5.91 Å². The molecule has 0 N–H and O–H groups in total. The van der Waals surface area contributed by atoms with Gasteiger partial charge >= 0.3 is 0 Å². The molecule has 4 heteroatoms. The van der Waals surface area contributed by atoms with Crippen LogP contribution in [0.2, 0.25) is 0 Å². The number of benzene rings is 1. The Morgan fingerprint density at radius 2 is 1.81 bits per heavy atom. The normalized spacial score (nSPS) is 10.3. The molecular weight excluding hydrogens is 264 g/mol. The predicted molar refractivity (Wildman–Crippen MR) is 82.9 cm³/mol. The summed E-state index contributed by atoms with van der Waals surface area (Å²) in [4.78, 5) is 25.7. The molecule has 0 radical (unpaired) electrons. The van der Waals surface area contributed by atoms with Gasteiger partial charge in [-0.1, -0.05) is 36.4 Å². The van der Waals surface area contributed by atoms with E-state index in [1.807, 2.05) is 42.2 Å². The van der Waals surface area contributed by atoms with Crippen molar-refractivity contribution in [1.82, 2.24) is 9.47 Å². The molecule has 0 saturated heterocycles. The van der Waals surface area contributed by atoms with Crippen molar-refractivity contribution in [3.8, 4) is 0 Å². The smallest absolute Gasteiger partial charge is 0.250 e. The number of amides is 1. The number of pyridine rings is 1. The van der Waals surface area contributed by atoms with E-state index in [1.165, 1.54) is 6.07 Å². The second kappa shape index (κ2) is 7.43. The molecule has 1 amide bonds. The minimum absolute atomic E-state index is 0.0668. The molecule has 21 heavy (non-hydrogen) atoms. The number of carbonyl (C=O) groups is 1. The molecule has 2 aromatic rings. The zero-order chi connectivity index (χ0) is 15.1. The average molecular weight is 284 g/mol. The van der Waals surface area contributed by atoms with Crippen LogP contribution in [0.5, 0.6) is 0 Å². The minimum atomic E-state index is -0.0728. The van der Waals surface area contributed by atoms with Gasteiger partial charge in [0.15, 0.2) is 0 Å². The summed E-state index contributed by atoms with van der Waals surface area (Å²) >= 11 is 0. The Morgan fingerprint density at radius 1 is 1.10 bits per heavy atom. The first-order valence-corrected chi connectivity index (χ1v) is 7.18. The Balaban J connectivity index is 1.94. The fourth-order valence-corrected chi connectivity index (χ4v) is 2.20. The van der Waals surface area contributed by atoms with Crippen molar-refractivity contribution in [2.75, 3.05) is 6.54 Å². The van der Waals surface area contributed by atoms with Crippen LogP contribution in [0, 0.1) is 0 Å². The maximum Gasteiger partial charge on any atom is 0.250 e. The van der Waals surface area contributed by atoms with Crippen LogP contribution in [0.25, 0.3) is 0 Å². The van der Waals surface area contributed by atoms with E-state index in [1.54, 1.807) is 22.9 Å². The molecule has 110 valence electrons. The first kappa shape index (κ1) is 15.0. The quantitative estimate of drug-likeness (QED) is 0.816. The highest BCUT2D eigenvalue weighted by Crippen LogP contribution is 2.06. The predicted octanol–water partition coefficient (Wildman–Crippen LogP) is 2.29. The van der Waals surface area contributed by atoms with Gasteiger partial charge in [0, 0.05) is 38.3 Å². The van der Waals surface area contributed by atoms with E-state index < -0.39 is 0 Å². The fraction of sp³-hybridized carbons (Fsp3) is 0.294. The number of hydrogen-bond acceptors (Lipinski definition) is 2. The van der Waals surface area contributed by atoms with Crippen LogP contribution in [-0.2, 0) is 17.9 Å². The van der Waals surface area contributed by atoms with E-state index in [9.17, 15) is 9.59 Å². The van der Waals surface area contributed by atoms with Gasteiger partial charge in [-0.15, -0.1) is 0 Å². The minimum Gasteiger partial charge on any atom is -0.339 e. The highest BCUT2D eigenvalue weighted by molar-refractivity contribution is 5.76. The van der Waals surface area contributed by atoms with Crippen molar-refractivity contribution in [1.29, 1.82) is 0 Å². The number of hydrogen-bond donors (Lipinski definition) is 0. The largest absolute Gasteiger partial charge is 0.339 e. The molecule has 0 atom stereocenters. The van der Waals surface area contributed by atoms with Crippen molar-refractivity contribution in [3.63, 3.8) is 0 Å². The van der Waals surface area contributed by atoms with E-state index in [-0.39, 0.29) is 11.5 Å². The highest BCUT2D eigenvalue weighted by Gasteiger charge is 2.12. The molecule has 0 spiro atoms. The first-order valence-electron chi connectivity index (χ1n) is 7.18. The Kier molecular flexibility index (Phi) is 5.32. The first-order chi connectivity index (χ1) is 10.2. The van der Waals surface area contributed by atoms with Gasteiger partial charge in [-0.25, -0.2) is 0 Å². The Morgan fingerprint density at radius 3 is 2.48 bits per heavy atom. The van der Waals surface area contributed by atoms with E-state index in [0.717, 1.165) is 5.56 Å². The van der Waals surface area contributed by atoms with Crippen LogP contribution in [0.3, 0.4) is 0 Å². The van der Waals surface area contributed by atoms with Gasteiger partial charge in [0.1, 0.15) is 0 Å². The molecule has 0 unspecified atom stereocenters. The van der Waals surface area contributed by atoms with Gasteiger partial charge in [0.25, 0.3) is 5.56 Å². The van der Waals surface area contributed by atoms with Crippen molar-refractivity contribution in [3.05, 3.63) is 70.6 Å². The summed E-state index contributed by atoms with van der Waals surface area (Å²) in [5.74, 6) is 0.0668. The highest BCUT2D eigenvalue weighted by atomic mass is 16.2. The summed E-state index contributed by atoms with van der Waals surface area (Å²) in [6, 6.07) is 14.9. The van der Waals surface area contributed by atoms with Crippen LogP contribution in [0.1, 0.15) is 18.9 Å². The van der Waals surface area contributed by atoms with Gasteiger partial charge in [-0.05, 0) is 18.6 Å². The molecule has 0 fully saturated rings. The summed E-state index contributed by atoms with van der Waals surface area (Å²) in [5.41, 5.74) is 1.04. The molecule has 1 aromatic carbocycles. The third kappa shape index (κ3) is 4.31. The van der Waals surface area contributed by atoms with Gasteiger partial charge in [0.05, 0.1) is 0 Å². The van der Waals surface area contributed by atoms with Crippen LogP contribution >= 0.6 is 0 Å². The lowest BCUT2D eigenvalue weighted by molar-refractivity contribution is -0.131. The molecule has 2 rings (SSSR count). The van der Waals surface area contributed by atoms with E-state index in [0.29, 0.717) is 26.1 Å². The molecule has 0 aliphatic rings. The van der Waals surface area contributed by atoms with Gasteiger partial charge < -0.3 is 9.47 Å². The molecule has 0 saturated carbocycles. The molecule has 0 bridgehead atoms. The van der Waals surface area contributed by atoms with Crippen molar-refractivity contribution >= 4 is 5.91 Å². The summed E-state index contributed by atoms with van der Waals surface area (Å²) in [6.45, 7) is 3.66. The van der Waals surface area contributed by atoms with Crippen molar-refractivity contribution < 1.29 is 4.79 Å². The van der Waals surface area contributed by atoms with Crippen molar-refractivity contribution in [2.24, 2.45) is 0 Å². The second-order valence-electron chi connectivity index (χ2n) is 4.88. The third-order valence-electron chi connectivity index (χ3n) is 3.42. The Hall–Kier alpha value is -2.36. The topological polar surface area (TPSA) is 42.3 Å². The zero-order valence-electron chi connectivity index (χ0n) is 12.2. The van der Waals surface area contributed by atoms with Gasteiger partial charge in [-0.3, -0.25) is 9.59 Å². The molecule has 1 heterocycles. The second-order valence-corrected chi connectivity index (χ2v) is 4.88. The molecule has 0 aliphatic carbocycles. The van der Waals surface area contributed by atoms with E-state index in [4.69, 9.17) is 0 Å². The maximum absolute atomic E-state index is 12.3. The van der Waals surface area contributed by atoms with E-state index in [2.05, 4.69) is 0 Å². The number of aromatic nitrogens is 1. The lowest BCUT2D eigenvalue weighted by Crippen LogP contribution is -2.32. The lowest BCUT2D eigenvalue weighted by atomic mass is 10.2. The monoisotopic (exact) mass is 284 g/mol. The molecule has 0 aliphatic heterocycles. The fourth-order valence-electron chi connectivity index (χ4n) is 2.20. The summed E-state index contributed by atoms with van der Waals surface area (Å²) in [5, 5.41) is 0. The van der Waals surface area contributed by atoms with Gasteiger partial charge in [-0.2, -0.15) is 0 Å².